The average Bonchev–Trinajstić information content (AvgIpc) is 2.27. The van der Waals surface area contributed by atoms with Gasteiger partial charge in [-0.2, -0.15) is 0 Å². The molecule has 82 valence electrons. The minimum Gasteiger partial charge on any atom is -0.489 e. The Labute approximate surface area is 91.5 Å². The van der Waals surface area contributed by atoms with E-state index in [-0.39, 0.29) is 18.0 Å². The van der Waals surface area contributed by atoms with Crippen LogP contribution >= 0.6 is 0 Å². The maximum atomic E-state index is 12.8. The Kier molecular flexibility index (Phi) is 3.00. The molecule has 0 aliphatic carbocycles. The van der Waals surface area contributed by atoms with E-state index >= 15 is 0 Å². The predicted molar refractivity (Wildman–Crippen MR) is 57.8 cm³/mol. The Morgan fingerprint density at radius 2 is 2.12 bits per heavy atom. The van der Waals surface area contributed by atoms with E-state index in [1.54, 1.807) is 18.2 Å². The van der Waals surface area contributed by atoms with Crippen molar-refractivity contribution in [3.8, 4) is 5.75 Å². The normalized spacial score (nSPS) is 10.1. The fourth-order valence-electron chi connectivity index (χ4n) is 1.31. The van der Waals surface area contributed by atoms with Crippen molar-refractivity contribution in [1.82, 2.24) is 4.98 Å². The molecule has 0 bridgehead atoms. The summed E-state index contributed by atoms with van der Waals surface area (Å²) in [5.74, 6) is 0.167. The highest BCUT2D eigenvalue weighted by atomic mass is 19.1. The van der Waals surface area contributed by atoms with Crippen LogP contribution in [-0.2, 0) is 6.61 Å². The van der Waals surface area contributed by atoms with E-state index in [0.717, 1.165) is 5.56 Å². The number of aromatic nitrogens is 1. The number of benzene rings is 1. The minimum absolute atomic E-state index is 0.225. The van der Waals surface area contributed by atoms with E-state index < -0.39 is 0 Å². The molecule has 0 atom stereocenters. The number of hydrogen-bond donors (Lipinski definition) is 1. The van der Waals surface area contributed by atoms with E-state index in [2.05, 4.69) is 4.98 Å². The lowest BCUT2D eigenvalue weighted by Crippen LogP contribution is -2.04. The van der Waals surface area contributed by atoms with Crippen molar-refractivity contribution in [3.05, 3.63) is 64.3 Å². The molecule has 4 heteroatoms. The summed E-state index contributed by atoms with van der Waals surface area (Å²) < 4.78 is 18.2. The first-order chi connectivity index (χ1) is 7.74. The lowest BCUT2D eigenvalue weighted by atomic mass is 10.2. The SMILES string of the molecule is O=c1cc(OCc2cccc(F)c2)cc[nH]1. The fourth-order valence-corrected chi connectivity index (χ4v) is 1.31. The second-order valence-electron chi connectivity index (χ2n) is 3.31. The van der Waals surface area contributed by atoms with Crippen LogP contribution < -0.4 is 10.3 Å². The summed E-state index contributed by atoms with van der Waals surface area (Å²) >= 11 is 0. The van der Waals surface area contributed by atoms with Gasteiger partial charge in [0.05, 0.1) is 0 Å². The second kappa shape index (κ2) is 4.61. The maximum Gasteiger partial charge on any atom is 0.251 e. The number of hydrogen-bond acceptors (Lipinski definition) is 2. The van der Waals surface area contributed by atoms with Crippen molar-refractivity contribution in [1.29, 1.82) is 0 Å². The van der Waals surface area contributed by atoms with E-state index in [1.807, 2.05) is 0 Å². The van der Waals surface area contributed by atoms with Crippen LogP contribution in [0.3, 0.4) is 0 Å². The van der Waals surface area contributed by atoms with Gasteiger partial charge in [0.2, 0.25) is 0 Å². The van der Waals surface area contributed by atoms with Crippen molar-refractivity contribution in [2.45, 2.75) is 6.61 Å². The number of aromatic amines is 1. The van der Waals surface area contributed by atoms with Crippen LogP contribution in [0.4, 0.5) is 4.39 Å². The van der Waals surface area contributed by atoms with E-state index in [1.165, 1.54) is 24.4 Å². The Bertz CT molecular complexity index is 536. The first-order valence-corrected chi connectivity index (χ1v) is 4.80. The Morgan fingerprint density at radius 1 is 1.25 bits per heavy atom. The van der Waals surface area contributed by atoms with E-state index in [9.17, 15) is 9.18 Å². The van der Waals surface area contributed by atoms with Crippen molar-refractivity contribution >= 4 is 0 Å². The molecule has 0 radical (unpaired) electrons. The summed E-state index contributed by atoms with van der Waals surface area (Å²) in [6.45, 7) is 0.237. The Hall–Kier alpha value is -2.10. The zero-order chi connectivity index (χ0) is 11.4. The van der Waals surface area contributed by atoms with Crippen molar-refractivity contribution in [2.75, 3.05) is 0 Å². The van der Waals surface area contributed by atoms with Gasteiger partial charge in [-0.25, -0.2) is 4.39 Å². The molecule has 0 aliphatic heterocycles. The zero-order valence-corrected chi connectivity index (χ0v) is 8.44. The first kappa shape index (κ1) is 10.4. The number of rotatable bonds is 3. The summed E-state index contributed by atoms with van der Waals surface area (Å²) in [6.07, 6.45) is 1.50. The summed E-state index contributed by atoms with van der Waals surface area (Å²) in [5.41, 5.74) is 0.497. The summed E-state index contributed by atoms with van der Waals surface area (Å²) in [6, 6.07) is 9.13. The van der Waals surface area contributed by atoms with Crippen molar-refractivity contribution in [2.24, 2.45) is 0 Å². The van der Waals surface area contributed by atoms with Crippen molar-refractivity contribution < 1.29 is 9.13 Å². The quantitative estimate of drug-likeness (QED) is 0.858. The van der Waals surface area contributed by atoms with Crippen molar-refractivity contribution in [3.63, 3.8) is 0 Å². The highest BCUT2D eigenvalue weighted by Gasteiger charge is 1.97. The number of pyridine rings is 1. The maximum absolute atomic E-state index is 12.8. The molecule has 1 aromatic heterocycles. The molecule has 2 rings (SSSR count). The Morgan fingerprint density at radius 3 is 2.88 bits per heavy atom. The van der Waals surface area contributed by atoms with Gasteiger partial charge in [0.1, 0.15) is 18.2 Å². The summed E-state index contributed by atoms with van der Waals surface area (Å²) in [7, 11) is 0. The van der Waals surface area contributed by atoms with Gasteiger partial charge in [0, 0.05) is 12.3 Å². The summed E-state index contributed by atoms with van der Waals surface area (Å²) in [4.78, 5) is 13.4. The molecular weight excluding hydrogens is 209 g/mol. The summed E-state index contributed by atoms with van der Waals surface area (Å²) in [5, 5.41) is 0. The molecule has 1 heterocycles. The molecule has 3 nitrogen and oxygen atoms in total. The van der Waals surface area contributed by atoms with E-state index in [4.69, 9.17) is 4.74 Å². The third-order valence-electron chi connectivity index (χ3n) is 2.04. The van der Waals surface area contributed by atoms with Gasteiger partial charge >= 0.3 is 0 Å². The number of nitrogens with one attached hydrogen (secondary N) is 1. The highest BCUT2D eigenvalue weighted by molar-refractivity contribution is 5.20. The van der Waals surface area contributed by atoms with Gasteiger partial charge < -0.3 is 9.72 Å². The fraction of sp³-hybridized carbons (Fsp3) is 0.0833. The zero-order valence-electron chi connectivity index (χ0n) is 8.44. The molecule has 0 fully saturated rings. The lowest BCUT2D eigenvalue weighted by Gasteiger charge is -2.05. The molecular formula is C12H10FNO2. The number of halogens is 1. The monoisotopic (exact) mass is 219 g/mol. The van der Waals surface area contributed by atoms with Gasteiger partial charge in [-0.05, 0) is 23.8 Å². The van der Waals surface area contributed by atoms with Crippen LogP contribution in [0.15, 0.2) is 47.4 Å². The van der Waals surface area contributed by atoms with Crippen LogP contribution in [0.25, 0.3) is 0 Å². The molecule has 2 aromatic rings. The minimum atomic E-state index is -0.299. The van der Waals surface area contributed by atoms with Crippen LogP contribution in [0, 0.1) is 5.82 Å². The first-order valence-electron chi connectivity index (χ1n) is 4.80. The molecule has 0 spiro atoms. The third kappa shape index (κ3) is 2.70. The molecule has 16 heavy (non-hydrogen) atoms. The molecule has 0 saturated carbocycles. The largest absolute Gasteiger partial charge is 0.489 e. The molecule has 1 N–H and O–H groups in total. The molecule has 0 aliphatic rings. The number of ether oxygens (including phenoxy) is 1. The molecule has 0 saturated heterocycles. The molecule has 0 amide bonds. The molecule has 1 aromatic carbocycles. The van der Waals surface area contributed by atoms with Crippen LogP contribution in [-0.4, -0.2) is 4.98 Å². The molecule has 0 unspecified atom stereocenters. The van der Waals surface area contributed by atoms with E-state index in [0.29, 0.717) is 5.75 Å². The highest BCUT2D eigenvalue weighted by Crippen LogP contribution is 2.09. The van der Waals surface area contributed by atoms with Gasteiger partial charge in [-0.15, -0.1) is 0 Å². The van der Waals surface area contributed by atoms with Gasteiger partial charge in [0.15, 0.2) is 0 Å². The van der Waals surface area contributed by atoms with Crippen LogP contribution in [0.1, 0.15) is 5.56 Å². The second-order valence-corrected chi connectivity index (χ2v) is 3.31. The smallest absolute Gasteiger partial charge is 0.251 e. The average molecular weight is 219 g/mol. The van der Waals surface area contributed by atoms with Crippen LogP contribution in [0.2, 0.25) is 0 Å². The van der Waals surface area contributed by atoms with Gasteiger partial charge in [0.25, 0.3) is 5.56 Å². The predicted octanol–water partition coefficient (Wildman–Crippen LogP) is 2.09. The van der Waals surface area contributed by atoms with Crippen LogP contribution in [0.5, 0.6) is 5.75 Å². The standard InChI is InChI=1S/C12H10FNO2/c13-10-3-1-2-9(6-10)8-16-11-4-5-14-12(15)7-11/h1-7H,8H2,(H,14,15). The topological polar surface area (TPSA) is 42.1 Å². The van der Waals surface area contributed by atoms with Gasteiger partial charge in [-0.3, -0.25) is 4.79 Å². The Balaban J connectivity index is 2.05. The number of H-pyrrole nitrogens is 1. The van der Waals surface area contributed by atoms with Gasteiger partial charge in [-0.1, -0.05) is 12.1 Å². The lowest BCUT2D eigenvalue weighted by molar-refractivity contribution is 0.305. The third-order valence-corrected chi connectivity index (χ3v) is 2.04.